The molecule has 0 aliphatic carbocycles. The lowest BCUT2D eigenvalue weighted by atomic mass is 9.97. The van der Waals surface area contributed by atoms with Gasteiger partial charge in [-0.25, -0.2) is 9.18 Å². The molecule has 1 atom stereocenters. The minimum atomic E-state index is -4.75. The van der Waals surface area contributed by atoms with Crippen molar-refractivity contribution in [3.8, 4) is 0 Å². The summed E-state index contributed by atoms with van der Waals surface area (Å²) in [5.41, 5.74) is 4.16. The minimum Gasteiger partial charge on any atom is -0.351 e. The van der Waals surface area contributed by atoms with Crippen LogP contribution in [-0.2, 0) is 12.7 Å². The normalized spacial score (nSPS) is 16.6. The lowest BCUT2D eigenvalue weighted by Crippen LogP contribution is -2.40. The highest BCUT2D eigenvalue weighted by Crippen LogP contribution is 2.36. The largest absolute Gasteiger partial charge is 0.416 e. The number of primary amides is 1. The number of fused-ring (bicyclic) bond motifs is 1. The van der Waals surface area contributed by atoms with Crippen molar-refractivity contribution in [3.63, 3.8) is 0 Å². The molecule has 1 aliphatic rings. The van der Waals surface area contributed by atoms with E-state index in [-0.39, 0.29) is 28.5 Å². The summed E-state index contributed by atoms with van der Waals surface area (Å²) >= 11 is 1.00. The van der Waals surface area contributed by atoms with E-state index in [0.29, 0.717) is 23.6 Å². The van der Waals surface area contributed by atoms with Crippen LogP contribution in [0.4, 0.5) is 28.0 Å². The van der Waals surface area contributed by atoms with Gasteiger partial charge in [0.25, 0.3) is 5.91 Å². The molecule has 0 spiro atoms. The third-order valence-electron chi connectivity index (χ3n) is 4.42. The van der Waals surface area contributed by atoms with Crippen molar-refractivity contribution in [2.75, 3.05) is 11.6 Å². The number of thiophene rings is 1. The van der Waals surface area contributed by atoms with E-state index in [4.69, 9.17) is 5.73 Å². The number of benzene rings is 1. The van der Waals surface area contributed by atoms with Gasteiger partial charge in [-0.2, -0.15) is 18.2 Å². The summed E-state index contributed by atoms with van der Waals surface area (Å²) in [5.74, 6) is -2.49. The second-order valence-corrected chi connectivity index (χ2v) is 7.53. The minimum absolute atomic E-state index is 0.0245. The highest BCUT2D eigenvalue weighted by molar-refractivity contribution is 7.14. The van der Waals surface area contributed by atoms with Crippen LogP contribution >= 0.6 is 11.3 Å². The zero-order chi connectivity index (χ0) is 20.8. The molecule has 1 aliphatic heterocycles. The first kappa shape index (κ1) is 20.1. The van der Waals surface area contributed by atoms with Gasteiger partial charge >= 0.3 is 12.2 Å². The van der Waals surface area contributed by atoms with E-state index >= 15 is 0 Å². The molecular formula is C17H15F4N3O3S. The highest BCUT2D eigenvalue weighted by Gasteiger charge is 2.33. The molecule has 150 valence electrons. The van der Waals surface area contributed by atoms with E-state index in [2.05, 4.69) is 0 Å². The molecule has 3 amide bonds. The molecule has 0 radical (unpaired) electrons. The average molecular weight is 417 g/mol. The van der Waals surface area contributed by atoms with Crippen LogP contribution in [0.2, 0.25) is 0 Å². The van der Waals surface area contributed by atoms with Crippen molar-refractivity contribution in [2.24, 2.45) is 5.73 Å². The molecule has 0 fully saturated rings. The third-order valence-corrected chi connectivity index (χ3v) is 5.54. The van der Waals surface area contributed by atoms with Crippen molar-refractivity contribution >= 4 is 29.0 Å². The Bertz CT molecular complexity index is 944. The van der Waals surface area contributed by atoms with Gasteiger partial charge in [0.15, 0.2) is 0 Å². The zero-order valence-electron chi connectivity index (χ0n) is 14.5. The number of nitrogens with two attached hydrogens (primary N) is 1. The Kier molecular flexibility index (Phi) is 5.06. The summed E-state index contributed by atoms with van der Waals surface area (Å²) in [7, 11) is 0. The summed E-state index contributed by atoms with van der Waals surface area (Å²) < 4.78 is 51.9. The number of anilines is 1. The number of nitrogens with zero attached hydrogens (tertiary/aromatic N) is 2. The summed E-state index contributed by atoms with van der Waals surface area (Å²) in [5, 5.41) is 10.0. The number of hydrogen-bond acceptors (Lipinski definition) is 4. The fourth-order valence-corrected chi connectivity index (χ4v) is 4.22. The fourth-order valence-electron chi connectivity index (χ4n) is 2.99. The zero-order valence-corrected chi connectivity index (χ0v) is 15.3. The van der Waals surface area contributed by atoms with Gasteiger partial charge in [-0.3, -0.25) is 10.0 Å². The lowest BCUT2D eigenvalue weighted by molar-refractivity contribution is -0.137. The number of rotatable bonds is 2. The molecule has 11 heteroatoms. The Balaban J connectivity index is 1.87. The Hall–Kier alpha value is -2.66. The van der Waals surface area contributed by atoms with Gasteiger partial charge in [0.05, 0.1) is 17.0 Å². The number of hydrogen-bond donors (Lipinski definition) is 2. The first-order chi connectivity index (χ1) is 13.0. The molecule has 2 heterocycles. The molecule has 1 aromatic carbocycles. The van der Waals surface area contributed by atoms with E-state index in [1.165, 1.54) is 11.0 Å². The molecule has 1 aromatic heterocycles. The summed E-state index contributed by atoms with van der Waals surface area (Å²) in [6, 6.07) is 2.38. The number of hydroxylamine groups is 1. The molecule has 6 nitrogen and oxygen atoms in total. The van der Waals surface area contributed by atoms with Crippen LogP contribution in [0.3, 0.4) is 0 Å². The van der Waals surface area contributed by atoms with Gasteiger partial charge < -0.3 is 10.6 Å². The summed E-state index contributed by atoms with van der Waals surface area (Å²) in [6.07, 6.45) is -4.75. The van der Waals surface area contributed by atoms with Crippen molar-refractivity contribution in [2.45, 2.75) is 25.6 Å². The maximum absolute atomic E-state index is 14.0. The molecular weight excluding hydrogens is 402 g/mol. The highest BCUT2D eigenvalue weighted by atomic mass is 32.1. The number of carbonyl (C=O) groups is 2. The van der Waals surface area contributed by atoms with Crippen molar-refractivity contribution in [1.82, 2.24) is 4.90 Å². The van der Waals surface area contributed by atoms with Gasteiger partial charge in [-0.1, -0.05) is 6.92 Å². The predicted octanol–water partition coefficient (Wildman–Crippen LogP) is 3.94. The SMILES string of the molecule is CC1CN(C(N)=O)Cc2sc(C(=O)N(O)c3ccc(C(F)(F)F)cc3F)cc21. The van der Waals surface area contributed by atoms with Gasteiger partial charge in [0.2, 0.25) is 0 Å². The van der Waals surface area contributed by atoms with Crippen LogP contribution in [0, 0.1) is 5.82 Å². The molecule has 0 bridgehead atoms. The Labute approximate surface area is 160 Å². The number of urea groups is 1. The topological polar surface area (TPSA) is 86.9 Å². The molecule has 3 N–H and O–H groups in total. The molecule has 3 rings (SSSR count). The van der Waals surface area contributed by atoms with E-state index in [1.54, 1.807) is 0 Å². The van der Waals surface area contributed by atoms with Gasteiger partial charge in [0.1, 0.15) is 11.5 Å². The van der Waals surface area contributed by atoms with Crippen LogP contribution in [-0.4, -0.2) is 28.6 Å². The first-order valence-electron chi connectivity index (χ1n) is 8.06. The van der Waals surface area contributed by atoms with Gasteiger partial charge in [0, 0.05) is 11.4 Å². The number of halogens is 4. The predicted molar refractivity (Wildman–Crippen MR) is 92.7 cm³/mol. The van der Waals surface area contributed by atoms with E-state index in [0.717, 1.165) is 16.9 Å². The van der Waals surface area contributed by atoms with Crippen molar-refractivity contribution in [3.05, 3.63) is 51.0 Å². The standard InChI is InChI=1S/C17H15F4N3O3S/c1-8-6-23(16(22)26)7-14-10(8)5-13(28-14)15(25)24(27)12-3-2-9(4-11(12)18)17(19,20)21/h2-5,8,27H,6-7H2,1H3,(H2,22,26). The third kappa shape index (κ3) is 3.67. The number of amides is 3. The van der Waals surface area contributed by atoms with Gasteiger partial charge in [-0.05, 0) is 35.7 Å². The van der Waals surface area contributed by atoms with Crippen LogP contribution < -0.4 is 10.8 Å². The van der Waals surface area contributed by atoms with Crippen molar-refractivity contribution in [1.29, 1.82) is 0 Å². The summed E-state index contributed by atoms with van der Waals surface area (Å²) in [4.78, 5) is 26.1. The smallest absolute Gasteiger partial charge is 0.351 e. The van der Waals surface area contributed by atoms with Crippen LogP contribution in [0.5, 0.6) is 0 Å². The molecule has 1 unspecified atom stereocenters. The lowest BCUT2D eigenvalue weighted by Gasteiger charge is -2.29. The average Bonchev–Trinajstić information content (AvgIpc) is 3.04. The van der Waals surface area contributed by atoms with Crippen LogP contribution in [0.1, 0.15) is 38.5 Å². The monoisotopic (exact) mass is 417 g/mol. The Morgan fingerprint density at radius 3 is 2.57 bits per heavy atom. The Morgan fingerprint density at radius 1 is 1.32 bits per heavy atom. The molecule has 0 saturated carbocycles. The van der Waals surface area contributed by atoms with E-state index in [9.17, 15) is 32.4 Å². The van der Waals surface area contributed by atoms with E-state index < -0.39 is 35.2 Å². The number of alkyl halides is 3. The quantitative estimate of drug-likeness (QED) is 0.441. The Morgan fingerprint density at radius 2 is 2.00 bits per heavy atom. The van der Waals surface area contributed by atoms with Crippen molar-refractivity contribution < 1.29 is 32.4 Å². The molecule has 2 aromatic rings. The van der Waals surface area contributed by atoms with Crippen LogP contribution in [0.15, 0.2) is 24.3 Å². The second-order valence-electron chi connectivity index (χ2n) is 6.39. The number of carbonyl (C=O) groups excluding carboxylic acids is 2. The van der Waals surface area contributed by atoms with Crippen LogP contribution in [0.25, 0.3) is 0 Å². The second kappa shape index (κ2) is 7.06. The molecule has 0 saturated heterocycles. The summed E-state index contributed by atoms with van der Waals surface area (Å²) in [6.45, 7) is 2.40. The maximum Gasteiger partial charge on any atom is 0.416 e. The first-order valence-corrected chi connectivity index (χ1v) is 8.87. The van der Waals surface area contributed by atoms with Gasteiger partial charge in [-0.15, -0.1) is 11.3 Å². The fraction of sp³-hybridized carbons (Fsp3) is 0.294. The maximum atomic E-state index is 14.0. The molecule has 28 heavy (non-hydrogen) atoms. The van der Waals surface area contributed by atoms with E-state index in [1.807, 2.05) is 6.92 Å².